The fourth-order valence-electron chi connectivity index (χ4n) is 3.09. The van der Waals surface area contributed by atoms with E-state index in [2.05, 4.69) is 6.92 Å². The molecule has 0 unspecified atom stereocenters. The van der Waals surface area contributed by atoms with Crippen LogP contribution in [0.1, 0.15) is 47.1 Å². The Morgan fingerprint density at radius 3 is 2.33 bits per heavy atom. The number of ether oxygens (including phenoxy) is 1. The van der Waals surface area contributed by atoms with Crippen LogP contribution in [0.5, 0.6) is 5.75 Å². The summed E-state index contributed by atoms with van der Waals surface area (Å²) in [6.07, 6.45) is 4.35. The first-order valence-corrected chi connectivity index (χ1v) is 9.54. The van der Waals surface area contributed by atoms with Crippen LogP contribution < -0.4 is 4.74 Å². The van der Waals surface area contributed by atoms with Crippen molar-refractivity contribution in [3.05, 3.63) is 54.0 Å². The summed E-state index contributed by atoms with van der Waals surface area (Å²) in [5.74, 6) is 0.991. The van der Waals surface area contributed by atoms with Gasteiger partial charge in [-0.15, -0.1) is 0 Å². The predicted octanol–water partition coefficient (Wildman–Crippen LogP) is 3.45. The number of carbonyl (C=O) groups is 2. The number of carbonyl (C=O) groups excluding carboxylic acids is 2. The molecule has 2 aromatic rings. The maximum absolute atomic E-state index is 12.8. The van der Waals surface area contributed by atoms with Crippen molar-refractivity contribution in [1.82, 2.24) is 9.80 Å². The van der Waals surface area contributed by atoms with Crippen molar-refractivity contribution in [1.29, 1.82) is 0 Å². The molecule has 6 heteroatoms. The second-order valence-electron chi connectivity index (χ2n) is 6.64. The third-order valence-electron chi connectivity index (χ3n) is 4.67. The van der Waals surface area contributed by atoms with E-state index in [1.54, 1.807) is 29.2 Å². The molecule has 0 atom stereocenters. The molecule has 2 amide bonds. The van der Waals surface area contributed by atoms with Gasteiger partial charge in [-0.25, -0.2) is 0 Å². The number of hydrogen-bond acceptors (Lipinski definition) is 4. The molecule has 6 nitrogen and oxygen atoms in total. The van der Waals surface area contributed by atoms with Crippen molar-refractivity contribution < 1.29 is 18.7 Å². The third kappa shape index (κ3) is 4.90. The minimum absolute atomic E-state index is 0.0117. The monoisotopic (exact) mass is 370 g/mol. The molecule has 1 aliphatic heterocycles. The Morgan fingerprint density at radius 2 is 1.70 bits per heavy atom. The minimum atomic E-state index is -0.122. The van der Waals surface area contributed by atoms with Crippen LogP contribution in [0.2, 0.25) is 0 Å². The Balaban J connectivity index is 1.56. The second kappa shape index (κ2) is 9.26. The highest BCUT2D eigenvalue weighted by Crippen LogP contribution is 2.16. The first-order chi connectivity index (χ1) is 13.2. The van der Waals surface area contributed by atoms with Crippen molar-refractivity contribution in [2.45, 2.75) is 26.2 Å². The Morgan fingerprint density at radius 1 is 1.00 bits per heavy atom. The fraction of sp³-hybridized carbons (Fsp3) is 0.429. The van der Waals surface area contributed by atoms with Gasteiger partial charge in [-0.05, 0) is 49.2 Å². The van der Waals surface area contributed by atoms with Gasteiger partial charge in [0, 0.05) is 31.7 Å². The fourth-order valence-corrected chi connectivity index (χ4v) is 3.09. The standard InChI is InChI=1S/C21H26N2O4/c1-2-3-15-26-18-9-7-17(8-10-18)20(24)22-11-5-12-23(14-13-22)21(25)19-6-4-16-27-19/h4,6-10,16H,2-3,5,11-15H2,1H3. The highest BCUT2D eigenvalue weighted by molar-refractivity contribution is 5.94. The normalized spacial score (nSPS) is 14.7. The van der Waals surface area contributed by atoms with Crippen LogP contribution in [0.4, 0.5) is 0 Å². The molecule has 0 saturated carbocycles. The smallest absolute Gasteiger partial charge is 0.289 e. The number of benzene rings is 1. The third-order valence-corrected chi connectivity index (χ3v) is 4.67. The summed E-state index contributed by atoms with van der Waals surface area (Å²) in [7, 11) is 0. The van der Waals surface area contributed by atoms with Crippen LogP contribution in [-0.2, 0) is 0 Å². The lowest BCUT2D eigenvalue weighted by atomic mass is 10.2. The maximum Gasteiger partial charge on any atom is 0.289 e. The lowest BCUT2D eigenvalue weighted by Crippen LogP contribution is -2.37. The van der Waals surface area contributed by atoms with E-state index in [1.165, 1.54) is 6.26 Å². The number of hydrogen-bond donors (Lipinski definition) is 0. The van der Waals surface area contributed by atoms with Gasteiger partial charge in [0.2, 0.25) is 0 Å². The van der Waals surface area contributed by atoms with Crippen LogP contribution in [0.3, 0.4) is 0 Å². The molecule has 1 aromatic carbocycles. The van der Waals surface area contributed by atoms with Crippen LogP contribution in [-0.4, -0.2) is 54.4 Å². The summed E-state index contributed by atoms with van der Waals surface area (Å²) in [6.45, 7) is 5.08. The average Bonchev–Trinajstić information content (AvgIpc) is 3.12. The number of nitrogens with zero attached hydrogens (tertiary/aromatic N) is 2. The van der Waals surface area contributed by atoms with Gasteiger partial charge in [0.25, 0.3) is 11.8 Å². The molecule has 144 valence electrons. The van der Waals surface area contributed by atoms with Crippen molar-refractivity contribution >= 4 is 11.8 Å². The molecular weight excluding hydrogens is 344 g/mol. The largest absolute Gasteiger partial charge is 0.494 e. The van der Waals surface area contributed by atoms with E-state index >= 15 is 0 Å². The zero-order chi connectivity index (χ0) is 19.1. The van der Waals surface area contributed by atoms with Gasteiger partial charge in [0.1, 0.15) is 5.75 Å². The van der Waals surface area contributed by atoms with Crippen LogP contribution in [0.25, 0.3) is 0 Å². The van der Waals surface area contributed by atoms with Crippen LogP contribution in [0, 0.1) is 0 Å². The van der Waals surface area contributed by atoms with Gasteiger partial charge in [-0.2, -0.15) is 0 Å². The van der Waals surface area contributed by atoms with Crippen LogP contribution in [0.15, 0.2) is 47.1 Å². The molecule has 0 aliphatic carbocycles. The SMILES string of the molecule is CCCCOc1ccc(C(=O)N2CCCN(C(=O)c3ccco3)CC2)cc1. The Kier molecular flexibility index (Phi) is 6.52. The highest BCUT2D eigenvalue weighted by Gasteiger charge is 2.24. The summed E-state index contributed by atoms with van der Waals surface area (Å²) in [4.78, 5) is 28.8. The van der Waals surface area contributed by atoms with Gasteiger partial charge >= 0.3 is 0 Å². The van der Waals surface area contributed by atoms with Crippen molar-refractivity contribution in [2.24, 2.45) is 0 Å². The van der Waals surface area contributed by atoms with Gasteiger partial charge < -0.3 is 19.0 Å². The summed E-state index contributed by atoms with van der Waals surface area (Å²) < 4.78 is 10.8. The van der Waals surface area contributed by atoms with Gasteiger partial charge in [0.05, 0.1) is 12.9 Å². The zero-order valence-corrected chi connectivity index (χ0v) is 15.7. The summed E-state index contributed by atoms with van der Waals surface area (Å²) in [6, 6.07) is 10.7. The summed E-state index contributed by atoms with van der Waals surface area (Å²) in [5.41, 5.74) is 0.642. The maximum atomic E-state index is 12.8. The van der Waals surface area contributed by atoms with E-state index in [9.17, 15) is 9.59 Å². The molecule has 0 N–H and O–H groups in total. The first kappa shape index (κ1) is 19.0. The van der Waals surface area contributed by atoms with Gasteiger partial charge in [-0.1, -0.05) is 13.3 Å². The molecule has 1 aromatic heterocycles. The molecule has 0 bridgehead atoms. The summed E-state index contributed by atoms with van der Waals surface area (Å²) in [5, 5.41) is 0. The van der Waals surface area contributed by atoms with Gasteiger partial charge in [0.15, 0.2) is 5.76 Å². The summed E-state index contributed by atoms with van der Waals surface area (Å²) >= 11 is 0. The highest BCUT2D eigenvalue weighted by atomic mass is 16.5. The molecule has 1 fully saturated rings. The molecule has 2 heterocycles. The molecule has 1 saturated heterocycles. The topological polar surface area (TPSA) is 63.0 Å². The average molecular weight is 370 g/mol. The number of amides is 2. The quantitative estimate of drug-likeness (QED) is 0.731. The van der Waals surface area contributed by atoms with E-state index in [0.29, 0.717) is 44.1 Å². The lowest BCUT2D eigenvalue weighted by molar-refractivity contribution is 0.0700. The van der Waals surface area contributed by atoms with E-state index in [0.717, 1.165) is 25.0 Å². The first-order valence-electron chi connectivity index (χ1n) is 9.54. The number of furan rings is 1. The van der Waals surface area contributed by atoms with Crippen molar-refractivity contribution in [2.75, 3.05) is 32.8 Å². The Hall–Kier alpha value is -2.76. The van der Waals surface area contributed by atoms with E-state index in [1.807, 2.05) is 17.0 Å². The number of rotatable bonds is 6. The van der Waals surface area contributed by atoms with E-state index in [4.69, 9.17) is 9.15 Å². The van der Waals surface area contributed by atoms with E-state index in [-0.39, 0.29) is 11.8 Å². The number of unbranched alkanes of at least 4 members (excludes halogenated alkanes) is 1. The zero-order valence-electron chi connectivity index (χ0n) is 15.7. The molecule has 0 spiro atoms. The Labute approximate surface area is 159 Å². The second-order valence-corrected chi connectivity index (χ2v) is 6.64. The van der Waals surface area contributed by atoms with Crippen LogP contribution >= 0.6 is 0 Å². The predicted molar refractivity (Wildman–Crippen MR) is 102 cm³/mol. The molecule has 3 rings (SSSR count). The Bertz CT molecular complexity index is 740. The lowest BCUT2D eigenvalue weighted by Gasteiger charge is -2.21. The molecule has 27 heavy (non-hydrogen) atoms. The van der Waals surface area contributed by atoms with Gasteiger partial charge in [-0.3, -0.25) is 9.59 Å². The minimum Gasteiger partial charge on any atom is -0.494 e. The van der Waals surface area contributed by atoms with Crippen molar-refractivity contribution in [3.63, 3.8) is 0 Å². The molecule has 1 aliphatic rings. The van der Waals surface area contributed by atoms with Crippen molar-refractivity contribution in [3.8, 4) is 5.75 Å². The molecule has 0 radical (unpaired) electrons. The molecular formula is C21H26N2O4. The van der Waals surface area contributed by atoms with E-state index < -0.39 is 0 Å².